The summed E-state index contributed by atoms with van der Waals surface area (Å²) in [6, 6.07) is 0. The molecular weight excluding hydrogens is 244 g/mol. The molecule has 0 heterocycles. The Kier molecular flexibility index (Phi) is 3.43. The van der Waals surface area contributed by atoms with Crippen molar-refractivity contribution in [1.29, 1.82) is 0 Å². The molecule has 2 aliphatic rings. The molecule has 0 radical (unpaired) electrons. The summed E-state index contributed by atoms with van der Waals surface area (Å²) in [6.07, 6.45) is 2.53. The number of carbonyl (C=O) groups excluding carboxylic acids is 2. The van der Waals surface area contributed by atoms with Gasteiger partial charge in [0, 0.05) is 29.9 Å². The van der Waals surface area contributed by atoms with E-state index in [1.165, 1.54) is 6.92 Å². The summed E-state index contributed by atoms with van der Waals surface area (Å²) in [5, 5.41) is 9.13. The highest BCUT2D eigenvalue weighted by Gasteiger charge is 2.42. The van der Waals surface area contributed by atoms with Crippen LogP contribution in [0.1, 0.15) is 33.6 Å². The van der Waals surface area contributed by atoms with Crippen molar-refractivity contribution in [3.05, 3.63) is 22.8 Å². The third kappa shape index (κ3) is 2.27. The summed E-state index contributed by atoms with van der Waals surface area (Å²) < 4.78 is 0. The number of fused-ring (bicyclic) bond motifs is 1. The highest BCUT2D eigenvalue weighted by molar-refractivity contribution is 6.05. The fourth-order valence-corrected chi connectivity index (χ4v) is 3.15. The fourth-order valence-electron chi connectivity index (χ4n) is 3.15. The van der Waals surface area contributed by atoms with Gasteiger partial charge in [0.15, 0.2) is 11.6 Å². The van der Waals surface area contributed by atoms with Crippen molar-refractivity contribution in [2.24, 2.45) is 17.8 Å². The number of ketones is 2. The van der Waals surface area contributed by atoms with Crippen LogP contribution in [0.15, 0.2) is 22.8 Å². The summed E-state index contributed by atoms with van der Waals surface area (Å²) in [5.41, 5.74) is 1.14. The zero-order chi connectivity index (χ0) is 14.3. The Morgan fingerprint density at radius 3 is 2.47 bits per heavy atom. The summed E-state index contributed by atoms with van der Waals surface area (Å²) in [5.74, 6) is -1.08. The second-order valence-electron chi connectivity index (χ2n) is 5.62. The molecule has 0 unspecified atom stereocenters. The largest absolute Gasteiger partial charge is 0.478 e. The highest BCUT2D eigenvalue weighted by Crippen LogP contribution is 2.43. The lowest BCUT2D eigenvalue weighted by Crippen LogP contribution is -2.38. The van der Waals surface area contributed by atoms with Crippen LogP contribution in [0.2, 0.25) is 0 Å². The lowest BCUT2D eigenvalue weighted by Gasteiger charge is -2.39. The molecule has 1 fully saturated rings. The fraction of sp³-hybridized carbons (Fsp3) is 0.533. The van der Waals surface area contributed by atoms with Gasteiger partial charge in [-0.25, -0.2) is 4.79 Å². The molecule has 1 N–H and O–H groups in total. The topological polar surface area (TPSA) is 71.4 Å². The van der Waals surface area contributed by atoms with E-state index >= 15 is 0 Å². The molecule has 1 saturated carbocycles. The predicted octanol–water partition coefficient (Wildman–Crippen LogP) is 2.15. The van der Waals surface area contributed by atoms with E-state index in [4.69, 9.17) is 5.11 Å². The predicted molar refractivity (Wildman–Crippen MR) is 69.5 cm³/mol. The second kappa shape index (κ2) is 4.76. The second-order valence-corrected chi connectivity index (χ2v) is 5.62. The monoisotopic (exact) mass is 262 g/mol. The number of hydrogen-bond donors (Lipinski definition) is 1. The molecule has 0 amide bonds. The van der Waals surface area contributed by atoms with Gasteiger partial charge in [-0.15, -0.1) is 0 Å². The Bertz CT molecular complexity index is 524. The van der Waals surface area contributed by atoms with E-state index in [9.17, 15) is 14.4 Å². The average Bonchev–Trinajstić information content (AvgIpc) is 2.31. The summed E-state index contributed by atoms with van der Waals surface area (Å²) in [4.78, 5) is 35.1. The van der Waals surface area contributed by atoms with Gasteiger partial charge in [-0.1, -0.05) is 13.0 Å². The SMILES string of the molecule is CC1=C[C@@H]2/C(=C(\C)C(=O)O)C(=O)C[C@@H](C)[C@@H]2CC1=O. The van der Waals surface area contributed by atoms with Gasteiger partial charge in [0.2, 0.25) is 0 Å². The number of hydrogen-bond acceptors (Lipinski definition) is 3. The molecule has 0 aromatic heterocycles. The number of carboxylic acids is 1. The Morgan fingerprint density at radius 1 is 1.26 bits per heavy atom. The molecule has 0 aromatic carbocycles. The Morgan fingerprint density at radius 2 is 1.89 bits per heavy atom. The van der Waals surface area contributed by atoms with Crippen molar-refractivity contribution in [2.75, 3.05) is 0 Å². The van der Waals surface area contributed by atoms with Crippen molar-refractivity contribution < 1.29 is 19.5 Å². The molecular formula is C15H18O4. The number of carbonyl (C=O) groups is 3. The van der Waals surface area contributed by atoms with E-state index < -0.39 is 5.97 Å². The van der Waals surface area contributed by atoms with E-state index in [0.29, 0.717) is 24.0 Å². The van der Waals surface area contributed by atoms with Crippen LogP contribution in [0, 0.1) is 17.8 Å². The van der Waals surface area contributed by atoms with Crippen LogP contribution in [0.25, 0.3) is 0 Å². The highest BCUT2D eigenvalue weighted by atomic mass is 16.4. The Balaban J connectivity index is 2.55. The number of aliphatic carboxylic acids is 1. The van der Waals surface area contributed by atoms with Gasteiger partial charge in [0.25, 0.3) is 0 Å². The first-order chi connectivity index (χ1) is 8.82. The zero-order valence-electron chi connectivity index (χ0n) is 11.4. The summed E-state index contributed by atoms with van der Waals surface area (Å²) >= 11 is 0. The normalized spacial score (nSPS) is 33.6. The molecule has 0 spiro atoms. The molecule has 19 heavy (non-hydrogen) atoms. The van der Waals surface area contributed by atoms with Crippen molar-refractivity contribution in [1.82, 2.24) is 0 Å². The number of carboxylic acid groups (broad SMARTS) is 1. The van der Waals surface area contributed by atoms with Crippen LogP contribution < -0.4 is 0 Å². The van der Waals surface area contributed by atoms with E-state index in [2.05, 4.69) is 0 Å². The van der Waals surface area contributed by atoms with Gasteiger partial charge >= 0.3 is 5.97 Å². The molecule has 2 aliphatic carbocycles. The number of allylic oxidation sites excluding steroid dienone is 3. The van der Waals surface area contributed by atoms with Crippen LogP contribution in [0.4, 0.5) is 0 Å². The molecule has 102 valence electrons. The maximum Gasteiger partial charge on any atom is 0.331 e. The molecule has 4 nitrogen and oxygen atoms in total. The molecule has 0 saturated heterocycles. The first kappa shape index (κ1) is 13.7. The van der Waals surface area contributed by atoms with Gasteiger partial charge in [-0.3, -0.25) is 9.59 Å². The van der Waals surface area contributed by atoms with Crippen LogP contribution in [-0.4, -0.2) is 22.6 Å². The lowest BCUT2D eigenvalue weighted by atomic mass is 9.63. The van der Waals surface area contributed by atoms with Gasteiger partial charge in [-0.2, -0.15) is 0 Å². The van der Waals surface area contributed by atoms with Crippen LogP contribution in [-0.2, 0) is 14.4 Å². The Labute approximate surface area is 112 Å². The summed E-state index contributed by atoms with van der Waals surface area (Å²) in [6.45, 7) is 5.17. The van der Waals surface area contributed by atoms with Crippen molar-refractivity contribution >= 4 is 17.5 Å². The standard InChI is InChI=1S/C15H18O4/c1-7-5-13(17)14(9(3)15(18)19)11-4-8(2)12(16)6-10(7)11/h4,7,10-11H,5-6H2,1-3H3,(H,18,19)/b14-9-/t7-,10+,11+/m1/s1. The van der Waals surface area contributed by atoms with Crippen LogP contribution in [0.3, 0.4) is 0 Å². The lowest BCUT2D eigenvalue weighted by molar-refractivity contribution is -0.133. The van der Waals surface area contributed by atoms with E-state index in [-0.39, 0.29) is 34.9 Å². The maximum absolute atomic E-state index is 12.2. The first-order valence-electron chi connectivity index (χ1n) is 6.51. The van der Waals surface area contributed by atoms with Gasteiger partial charge in [0.1, 0.15) is 0 Å². The molecule has 4 heteroatoms. The first-order valence-corrected chi connectivity index (χ1v) is 6.51. The number of rotatable bonds is 1. The van der Waals surface area contributed by atoms with E-state index in [1.807, 2.05) is 6.92 Å². The zero-order valence-corrected chi connectivity index (χ0v) is 11.4. The minimum Gasteiger partial charge on any atom is -0.478 e. The molecule has 2 rings (SSSR count). The Hall–Kier alpha value is -1.71. The van der Waals surface area contributed by atoms with Gasteiger partial charge < -0.3 is 5.11 Å². The maximum atomic E-state index is 12.2. The van der Waals surface area contributed by atoms with E-state index in [0.717, 1.165) is 0 Å². The van der Waals surface area contributed by atoms with Gasteiger partial charge in [-0.05, 0) is 31.3 Å². The van der Waals surface area contributed by atoms with Crippen molar-refractivity contribution in [2.45, 2.75) is 33.6 Å². The van der Waals surface area contributed by atoms with Crippen molar-refractivity contribution in [3.63, 3.8) is 0 Å². The quantitative estimate of drug-likeness (QED) is 0.735. The van der Waals surface area contributed by atoms with Crippen LogP contribution >= 0.6 is 0 Å². The minimum atomic E-state index is -1.06. The smallest absolute Gasteiger partial charge is 0.331 e. The molecule has 0 bridgehead atoms. The average molecular weight is 262 g/mol. The third-order valence-corrected chi connectivity index (χ3v) is 4.35. The van der Waals surface area contributed by atoms with Crippen LogP contribution in [0.5, 0.6) is 0 Å². The van der Waals surface area contributed by atoms with Crippen molar-refractivity contribution in [3.8, 4) is 0 Å². The summed E-state index contributed by atoms with van der Waals surface area (Å²) in [7, 11) is 0. The molecule has 0 aliphatic heterocycles. The molecule has 3 atom stereocenters. The van der Waals surface area contributed by atoms with E-state index in [1.54, 1.807) is 13.0 Å². The third-order valence-electron chi connectivity index (χ3n) is 4.35. The molecule has 0 aromatic rings. The van der Waals surface area contributed by atoms with Gasteiger partial charge in [0.05, 0.1) is 0 Å². The number of Topliss-reactive ketones (excluding diaryl/α,β-unsaturated/α-hetero) is 2. The minimum absolute atomic E-state index is 0.0539.